The van der Waals surface area contributed by atoms with Crippen LogP contribution in [0.1, 0.15) is 31.7 Å². The summed E-state index contributed by atoms with van der Waals surface area (Å²) in [5, 5.41) is 2.80. The summed E-state index contributed by atoms with van der Waals surface area (Å²) >= 11 is 0. The van der Waals surface area contributed by atoms with Gasteiger partial charge < -0.3 is 15.0 Å². The van der Waals surface area contributed by atoms with E-state index >= 15 is 0 Å². The number of piperidine rings is 1. The average molecular weight is 395 g/mol. The lowest BCUT2D eigenvalue weighted by molar-refractivity contribution is -0.137. The monoisotopic (exact) mass is 394 g/mol. The molecule has 0 aliphatic carbocycles. The number of nitrogens with zero attached hydrogens (tertiary/aromatic N) is 1. The summed E-state index contributed by atoms with van der Waals surface area (Å²) in [5.74, 6) is 1.19. The van der Waals surface area contributed by atoms with Crippen LogP contribution in [0.2, 0.25) is 0 Å². The van der Waals surface area contributed by atoms with Crippen LogP contribution in [0.5, 0.6) is 5.75 Å². The number of hydrogen-bond donors (Lipinski definition) is 1. The van der Waals surface area contributed by atoms with E-state index in [-0.39, 0.29) is 18.2 Å². The van der Waals surface area contributed by atoms with Gasteiger partial charge in [-0.05, 0) is 49.8 Å². The van der Waals surface area contributed by atoms with Crippen LogP contribution >= 0.6 is 0 Å². The normalized spacial score (nSPS) is 15.6. The number of hydrogen-bond acceptors (Lipinski definition) is 3. The van der Waals surface area contributed by atoms with Gasteiger partial charge in [0, 0.05) is 13.1 Å². The second-order valence-electron chi connectivity index (χ2n) is 7.66. The van der Waals surface area contributed by atoms with Gasteiger partial charge in [-0.1, -0.05) is 48.5 Å². The van der Waals surface area contributed by atoms with E-state index < -0.39 is 6.04 Å². The lowest BCUT2D eigenvalue weighted by atomic mass is 9.90. The van der Waals surface area contributed by atoms with Crippen molar-refractivity contribution in [2.75, 3.05) is 19.7 Å². The molecule has 1 atom stereocenters. The average Bonchev–Trinajstić information content (AvgIpc) is 2.75. The predicted molar refractivity (Wildman–Crippen MR) is 114 cm³/mol. The molecular formula is C24H30N2O3. The van der Waals surface area contributed by atoms with E-state index in [4.69, 9.17) is 4.74 Å². The molecule has 29 heavy (non-hydrogen) atoms. The fourth-order valence-corrected chi connectivity index (χ4v) is 3.73. The van der Waals surface area contributed by atoms with E-state index in [1.165, 1.54) is 5.56 Å². The molecule has 3 rings (SSSR count). The standard InChI is InChI=1S/C24H30N2O3/c1-19(25-23(27)14-17-29-22-10-6-3-7-11-22)24(28)26-15-12-21(13-16-26)18-20-8-4-2-5-9-20/h2-11,19,21H,12-18H2,1H3,(H,25,27)/t19-/m0/s1. The number of benzene rings is 2. The lowest BCUT2D eigenvalue weighted by Gasteiger charge is -2.33. The van der Waals surface area contributed by atoms with Crippen molar-refractivity contribution in [2.24, 2.45) is 5.92 Å². The highest BCUT2D eigenvalue weighted by molar-refractivity contribution is 5.87. The fourth-order valence-electron chi connectivity index (χ4n) is 3.73. The Bertz CT molecular complexity index is 771. The van der Waals surface area contributed by atoms with Crippen LogP contribution in [0.4, 0.5) is 0 Å². The molecule has 154 valence electrons. The molecule has 2 amide bonds. The zero-order valence-electron chi connectivity index (χ0n) is 17.0. The Kier molecular flexibility index (Phi) is 7.68. The van der Waals surface area contributed by atoms with Crippen molar-refractivity contribution in [3.05, 3.63) is 66.2 Å². The zero-order chi connectivity index (χ0) is 20.5. The van der Waals surface area contributed by atoms with E-state index in [1.54, 1.807) is 6.92 Å². The number of likely N-dealkylation sites (tertiary alicyclic amines) is 1. The summed E-state index contributed by atoms with van der Waals surface area (Å²) < 4.78 is 5.54. The van der Waals surface area contributed by atoms with Crippen molar-refractivity contribution in [2.45, 2.75) is 38.6 Å². The summed E-state index contributed by atoms with van der Waals surface area (Å²) in [4.78, 5) is 26.7. The van der Waals surface area contributed by atoms with Crippen molar-refractivity contribution in [3.8, 4) is 5.75 Å². The van der Waals surface area contributed by atoms with Crippen molar-refractivity contribution < 1.29 is 14.3 Å². The van der Waals surface area contributed by atoms with E-state index in [0.717, 1.165) is 38.1 Å². The Morgan fingerprint density at radius 3 is 2.31 bits per heavy atom. The van der Waals surface area contributed by atoms with Crippen LogP contribution in [-0.4, -0.2) is 42.5 Å². The van der Waals surface area contributed by atoms with Crippen LogP contribution in [0, 0.1) is 5.92 Å². The first-order valence-electron chi connectivity index (χ1n) is 10.4. The minimum absolute atomic E-state index is 0.000453. The summed E-state index contributed by atoms with van der Waals surface area (Å²) in [6, 6.07) is 19.4. The number of carbonyl (C=O) groups excluding carboxylic acids is 2. The molecule has 2 aromatic carbocycles. The quantitative estimate of drug-likeness (QED) is 0.746. The molecule has 5 nitrogen and oxygen atoms in total. The smallest absolute Gasteiger partial charge is 0.244 e. The topological polar surface area (TPSA) is 58.6 Å². The van der Waals surface area contributed by atoms with Crippen LogP contribution in [-0.2, 0) is 16.0 Å². The number of ether oxygens (including phenoxy) is 1. The van der Waals surface area contributed by atoms with Gasteiger partial charge in [0.25, 0.3) is 0 Å². The van der Waals surface area contributed by atoms with Crippen LogP contribution in [0.25, 0.3) is 0 Å². The third-order valence-corrected chi connectivity index (χ3v) is 5.38. The Morgan fingerprint density at radius 1 is 1.03 bits per heavy atom. The van der Waals surface area contributed by atoms with Gasteiger partial charge in [0.15, 0.2) is 0 Å². The molecule has 0 radical (unpaired) electrons. The SMILES string of the molecule is C[C@H](NC(=O)CCOc1ccccc1)C(=O)N1CCC(Cc2ccccc2)CC1. The number of amides is 2. The van der Waals surface area contributed by atoms with Gasteiger partial charge in [0.05, 0.1) is 13.0 Å². The maximum absolute atomic E-state index is 12.7. The van der Waals surface area contributed by atoms with Crippen molar-refractivity contribution >= 4 is 11.8 Å². The van der Waals surface area contributed by atoms with Crippen LogP contribution in [0.3, 0.4) is 0 Å². The molecule has 1 fully saturated rings. The Hall–Kier alpha value is -2.82. The third kappa shape index (κ3) is 6.63. The Labute approximate surface area is 173 Å². The molecule has 0 unspecified atom stereocenters. The lowest BCUT2D eigenvalue weighted by Crippen LogP contribution is -2.49. The minimum Gasteiger partial charge on any atom is -0.493 e. The van der Waals surface area contributed by atoms with Crippen LogP contribution in [0.15, 0.2) is 60.7 Å². The maximum Gasteiger partial charge on any atom is 0.244 e. The molecular weight excluding hydrogens is 364 g/mol. The highest BCUT2D eigenvalue weighted by Gasteiger charge is 2.26. The predicted octanol–water partition coefficient (Wildman–Crippen LogP) is 3.44. The van der Waals surface area contributed by atoms with Gasteiger partial charge in [-0.25, -0.2) is 0 Å². The van der Waals surface area contributed by atoms with Gasteiger partial charge in [-0.15, -0.1) is 0 Å². The van der Waals surface area contributed by atoms with E-state index in [0.29, 0.717) is 12.5 Å². The number of carbonyl (C=O) groups is 2. The van der Waals surface area contributed by atoms with Gasteiger partial charge in [0.1, 0.15) is 11.8 Å². The van der Waals surface area contributed by atoms with E-state index in [2.05, 4.69) is 29.6 Å². The van der Waals surface area contributed by atoms with Gasteiger partial charge in [0.2, 0.25) is 11.8 Å². The molecule has 5 heteroatoms. The van der Waals surface area contributed by atoms with Crippen molar-refractivity contribution in [1.29, 1.82) is 0 Å². The summed E-state index contributed by atoms with van der Waals surface area (Å²) in [6.45, 7) is 3.57. The fraction of sp³-hybridized carbons (Fsp3) is 0.417. The summed E-state index contributed by atoms with van der Waals surface area (Å²) in [7, 11) is 0. The first-order chi connectivity index (χ1) is 14.1. The first-order valence-corrected chi connectivity index (χ1v) is 10.4. The molecule has 0 bridgehead atoms. The Morgan fingerprint density at radius 2 is 1.66 bits per heavy atom. The maximum atomic E-state index is 12.7. The molecule has 2 aromatic rings. The van der Waals surface area contributed by atoms with E-state index in [1.807, 2.05) is 41.3 Å². The number of para-hydroxylation sites is 1. The zero-order valence-corrected chi connectivity index (χ0v) is 17.0. The number of nitrogens with one attached hydrogen (secondary N) is 1. The molecule has 0 aromatic heterocycles. The Balaban J connectivity index is 1.36. The summed E-state index contributed by atoms with van der Waals surface area (Å²) in [6.07, 6.45) is 3.31. The van der Waals surface area contributed by atoms with E-state index in [9.17, 15) is 9.59 Å². The minimum atomic E-state index is -0.509. The van der Waals surface area contributed by atoms with Gasteiger partial charge >= 0.3 is 0 Å². The molecule has 1 N–H and O–H groups in total. The summed E-state index contributed by atoms with van der Waals surface area (Å²) in [5.41, 5.74) is 1.36. The second-order valence-corrected chi connectivity index (χ2v) is 7.66. The highest BCUT2D eigenvalue weighted by atomic mass is 16.5. The molecule has 1 heterocycles. The van der Waals surface area contributed by atoms with Crippen LogP contribution < -0.4 is 10.1 Å². The molecule has 1 saturated heterocycles. The highest BCUT2D eigenvalue weighted by Crippen LogP contribution is 2.22. The van der Waals surface area contributed by atoms with Crippen molar-refractivity contribution in [3.63, 3.8) is 0 Å². The second kappa shape index (κ2) is 10.6. The van der Waals surface area contributed by atoms with Gasteiger partial charge in [-0.3, -0.25) is 9.59 Å². The van der Waals surface area contributed by atoms with Gasteiger partial charge in [-0.2, -0.15) is 0 Å². The largest absolute Gasteiger partial charge is 0.493 e. The third-order valence-electron chi connectivity index (χ3n) is 5.38. The molecule has 1 aliphatic heterocycles. The number of rotatable bonds is 8. The van der Waals surface area contributed by atoms with Crippen molar-refractivity contribution in [1.82, 2.24) is 10.2 Å². The molecule has 0 saturated carbocycles. The first kappa shape index (κ1) is 20.9. The molecule has 1 aliphatic rings. The molecule has 0 spiro atoms.